The van der Waals surface area contributed by atoms with Crippen molar-refractivity contribution < 1.29 is 14.0 Å². The van der Waals surface area contributed by atoms with Crippen molar-refractivity contribution in [2.75, 3.05) is 7.11 Å². The van der Waals surface area contributed by atoms with Crippen molar-refractivity contribution >= 4 is 0 Å². The lowest BCUT2D eigenvalue weighted by molar-refractivity contribution is 0.237. The van der Waals surface area contributed by atoms with E-state index in [2.05, 4.69) is 5.16 Å². The number of rotatable bonds is 4. The van der Waals surface area contributed by atoms with E-state index >= 15 is 0 Å². The molecule has 0 amide bonds. The summed E-state index contributed by atoms with van der Waals surface area (Å²) in [6.45, 7) is 0.469. The van der Waals surface area contributed by atoms with Crippen LogP contribution in [0.3, 0.4) is 0 Å². The Kier molecular flexibility index (Phi) is 2.88. The summed E-state index contributed by atoms with van der Waals surface area (Å²) in [4.78, 5) is 0. The van der Waals surface area contributed by atoms with Gasteiger partial charge in [-0.3, -0.25) is 0 Å². The van der Waals surface area contributed by atoms with Crippen molar-refractivity contribution in [2.24, 2.45) is 0 Å². The smallest absolute Gasteiger partial charge is 0.314 e. The standard InChI is InChI=1S/C11H11NO3/c1-13-11-7-10(12-15-11)14-8-9-5-3-2-4-6-9/h2-7H,8H2,1H3. The van der Waals surface area contributed by atoms with Crippen LogP contribution in [0.1, 0.15) is 5.56 Å². The van der Waals surface area contributed by atoms with Gasteiger partial charge in [-0.2, -0.15) is 0 Å². The quantitative estimate of drug-likeness (QED) is 0.768. The third-order valence-corrected chi connectivity index (χ3v) is 1.90. The summed E-state index contributed by atoms with van der Waals surface area (Å²) in [5.41, 5.74) is 1.08. The molecule has 0 radical (unpaired) electrons. The maximum atomic E-state index is 5.39. The Morgan fingerprint density at radius 3 is 2.73 bits per heavy atom. The predicted molar refractivity (Wildman–Crippen MR) is 53.8 cm³/mol. The molecular weight excluding hydrogens is 194 g/mol. The molecule has 0 saturated heterocycles. The van der Waals surface area contributed by atoms with Gasteiger partial charge in [-0.05, 0) is 10.7 Å². The molecule has 15 heavy (non-hydrogen) atoms. The molecule has 2 aromatic rings. The van der Waals surface area contributed by atoms with Gasteiger partial charge in [0.25, 0.3) is 5.88 Å². The molecule has 0 spiro atoms. The molecule has 0 aliphatic carbocycles. The first kappa shape index (κ1) is 9.58. The average molecular weight is 205 g/mol. The topological polar surface area (TPSA) is 44.5 Å². The third kappa shape index (κ3) is 2.49. The Hall–Kier alpha value is -1.97. The Morgan fingerprint density at radius 1 is 1.27 bits per heavy atom. The number of methoxy groups -OCH3 is 1. The largest absolute Gasteiger partial charge is 0.471 e. The van der Waals surface area contributed by atoms with Gasteiger partial charge in [0, 0.05) is 0 Å². The molecule has 0 N–H and O–H groups in total. The second-order valence-corrected chi connectivity index (χ2v) is 2.96. The van der Waals surface area contributed by atoms with Crippen molar-refractivity contribution in [2.45, 2.75) is 6.61 Å². The van der Waals surface area contributed by atoms with Crippen molar-refractivity contribution in [1.82, 2.24) is 5.16 Å². The highest BCUT2D eigenvalue weighted by atomic mass is 16.6. The molecule has 0 aliphatic rings. The van der Waals surface area contributed by atoms with Crippen LogP contribution in [-0.2, 0) is 6.61 Å². The molecule has 1 aromatic carbocycles. The maximum absolute atomic E-state index is 5.39. The Bertz CT molecular complexity index is 411. The van der Waals surface area contributed by atoms with E-state index in [9.17, 15) is 0 Å². The molecule has 78 valence electrons. The molecular formula is C11H11NO3. The predicted octanol–water partition coefficient (Wildman–Crippen LogP) is 2.26. The summed E-state index contributed by atoms with van der Waals surface area (Å²) >= 11 is 0. The Morgan fingerprint density at radius 2 is 2.07 bits per heavy atom. The highest BCUT2D eigenvalue weighted by Crippen LogP contribution is 2.18. The van der Waals surface area contributed by atoms with Gasteiger partial charge in [-0.1, -0.05) is 30.3 Å². The van der Waals surface area contributed by atoms with Crippen LogP contribution in [0.4, 0.5) is 0 Å². The lowest BCUT2D eigenvalue weighted by Crippen LogP contribution is -1.94. The van der Waals surface area contributed by atoms with E-state index in [1.54, 1.807) is 6.07 Å². The highest BCUT2D eigenvalue weighted by Gasteiger charge is 2.04. The van der Waals surface area contributed by atoms with Crippen LogP contribution in [0.15, 0.2) is 40.9 Å². The van der Waals surface area contributed by atoms with Crippen molar-refractivity contribution in [3.05, 3.63) is 42.0 Å². The summed E-state index contributed by atoms with van der Waals surface area (Å²) in [7, 11) is 1.52. The van der Waals surface area contributed by atoms with E-state index in [1.807, 2.05) is 30.3 Å². The highest BCUT2D eigenvalue weighted by molar-refractivity contribution is 5.17. The van der Waals surface area contributed by atoms with E-state index in [0.29, 0.717) is 18.4 Å². The van der Waals surface area contributed by atoms with Gasteiger partial charge in [0.15, 0.2) is 0 Å². The first-order chi connectivity index (χ1) is 7.38. The normalized spacial score (nSPS) is 9.93. The zero-order valence-electron chi connectivity index (χ0n) is 8.34. The van der Waals surface area contributed by atoms with Gasteiger partial charge in [0.2, 0.25) is 0 Å². The number of hydrogen-bond acceptors (Lipinski definition) is 4. The molecule has 1 heterocycles. The van der Waals surface area contributed by atoms with E-state index in [0.717, 1.165) is 5.56 Å². The first-order valence-electron chi connectivity index (χ1n) is 4.56. The van der Waals surface area contributed by atoms with Crippen LogP contribution in [0.5, 0.6) is 11.8 Å². The number of hydrogen-bond donors (Lipinski definition) is 0. The second kappa shape index (κ2) is 4.50. The lowest BCUT2D eigenvalue weighted by Gasteiger charge is -2.00. The van der Waals surface area contributed by atoms with Gasteiger partial charge >= 0.3 is 5.95 Å². The number of aromatic nitrogens is 1. The van der Waals surface area contributed by atoms with Crippen LogP contribution in [0.2, 0.25) is 0 Å². The zero-order chi connectivity index (χ0) is 10.5. The summed E-state index contributed by atoms with van der Waals surface area (Å²) < 4.78 is 15.0. The van der Waals surface area contributed by atoms with E-state index < -0.39 is 0 Å². The molecule has 0 bridgehead atoms. The maximum Gasteiger partial charge on any atom is 0.314 e. The molecule has 4 heteroatoms. The number of benzene rings is 1. The number of ether oxygens (including phenoxy) is 2. The molecule has 0 aliphatic heterocycles. The minimum atomic E-state index is 0.345. The first-order valence-corrected chi connectivity index (χ1v) is 4.56. The average Bonchev–Trinajstić information content (AvgIpc) is 2.76. The summed E-state index contributed by atoms with van der Waals surface area (Å²) in [6.07, 6.45) is 0. The van der Waals surface area contributed by atoms with Crippen LogP contribution < -0.4 is 9.47 Å². The van der Waals surface area contributed by atoms with E-state index in [1.165, 1.54) is 7.11 Å². The molecule has 1 aromatic heterocycles. The van der Waals surface area contributed by atoms with Gasteiger partial charge < -0.3 is 14.0 Å². The Labute approximate surface area is 87.4 Å². The van der Waals surface area contributed by atoms with Crippen LogP contribution in [0, 0.1) is 0 Å². The van der Waals surface area contributed by atoms with Crippen LogP contribution >= 0.6 is 0 Å². The van der Waals surface area contributed by atoms with E-state index in [-0.39, 0.29) is 0 Å². The van der Waals surface area contributed by atoms with Crippen LogP contribution in [0.25, 0.3) is 0 Å². The van der Waals surface area contributed by atoms with Crippen LogP contribution in [-0.4, -0.2) is 12.3 Å². The fourth-order valence-corrected chi connectivity index (χ4v) is 1.14. The number of nitrogens with zero attached hydrogens (tertiary/aromatic N) is 1. The van der Waals surface area contributed by atoms with Gasteiger partial charge in [0.05, 0.1) is 13.2 Å². The minimum Gasteiger partial charge on any atom is -0.471 e. The molecule has 0 saturated carbocycles. The monoisotopic (exact) mass is 205 g/mol. The summed E-state index contributed by atoms with van der Waals surface area (Å²) in [5, 5.41) is 3.68. The fourth-order valence-electron chi connectivity index (χ4n) is 1.14. The van der Waals surface area contributed by atoms with Crippen molar-refractivity contribution in [3.8, 4) is 11.8 Å². The van der Waals surface area contributed by atoms with Gasteiger partial charge in [-0.15, -0.1) is 0 Å². The fraction of sp³-hybridized carbons (Fsp3) is 0.182. The molecule has 0 fully saturated rings. The SMILES string of the molecule is COc1cc(OCc2ccccc2)no1. The lowest BCUT2D eigenvalue weighted by atomic mass is 10.2. The summed E-state index contributed by atoms with van der Waals surface area (Å²) in [6, 6.07) is 11.4. The Balaban J connectivity index is 1.93. The molecule has 0 atom stereocenters. The second-order valence-electron chi connectivity index (χ2n) is 2.96. The van der Waals surface area contributed by atoms with Gasteiger partial charge in [-0.25, -0.2) is 0 Å². The third-order valence-electron chi connectivity index (χ3n) is 1.90. The van der Waals surface area contributed by atoms with Crippen molar-refractivity contribution in [1.29, 1.82) is 0 Å². The zero-order valence-corrected chi connectivity index (χ0v) is 8.34. The molecule has 0 unspecified atom stereocenters. The molecule has 4 nitrogen and oxygen atoms in total. The molecule has 2 rings (SSSR count). The minimum absolute atomic E-state index is 0.345. The van der Waals surface area contributed by atoms with E-state index in [4.69, 9.17) is 14.0 Å². The van der Waals surface area contributed by atoms with Gasteiger partial charge in [0.1, 0.15) is 6.61 Å². The summed E-state index contributed by atoms with van der Waals surface area (Å²) in [5.74, 6) is 0.772. The van der Waals surface area contributed by atoms with Crippen molar-refractivity contribution in [3.63, 3.8) is 0 Å².